The number of carbonyl (C=O) groups excluding carboxylic acids is 1. The van der Waals surface area contributed by atoms with Gasteiger partial charge in [0.05, 0.1) is 11.9 Å². The minimum atomic E-state index is 0.279. The van der Waals surface area contributed by atoms with Gasteiger partial charge in [-0.25, -0.2) is 4.98 Å². The van der Waals surface area contributed by atoms with Crippen LogP contribution in [0.3, 0.4) is 0 Å². The summed E-state index contributed by atoms with van der Waals surface area (Å²) < 4.78 is 2.07. The molecule has 0 aliphatic carbocycles. The minimum absolute atomic E-state index is 0.279. The molecule has 1 fully saturated rings. The lowest BCUT2D eigenvalue weighted by Crippen LogP contribution is -2.37. The van der Waals surface area contributed by atoms with Crippen molar-refractivity contribution in [2.45, 2.75) is 32.2 Å². The highest BCUT2D eigenvalue weighted by molar-refractivity contribution is 5.76. The van der Waals surface area contributed by atoms with Gasteiger partial charge in [0.15, 0.2) is 0 Å². The summed E-state index contributed by atoms with van der Waals surface area (Å²) in [5, 5.41) is 3.34. The molecule has 1 amide bonds. The van der Waals surface area contributed by atoms with Gasteiger partial charge in [-0.1, -0.05) is 0 Å². The Morgan fingerprint density at radius 1 is 1.33 bits per heavy atom. The van der Waals surface area contributed by atoms with Gasteiger partial charge in [-0.15, -0.1) is 0 Å². The van der Waals surface area contributed by atoms with E-state index in [1.54, 1.807) is 0 Å². The number of amides is 1. The third-order valence-electron chi connectivity index (χ3n) is 3.99. The van der Waals surface area contributed by atoms with E-state index >= 15 is 0 Å². The molecule has 0 aromatic carbocycles. The van der Waals surface area contributed by atoms with E-state index in [-0.39, 0.29) is 5.91 Å². The standard InChI is InChI=1S/C15H27N5O/c1-18(2)15-17-12-13(19(15)3)11-16-8-7-14(21)20-9-5-4-6-10-20/h12,16H,4-11H2,1-3H3. The fourth-order valence-electron chi connectivity index (χ4n) is 2.73. The molecule has 1 saturated heterocycles. The molecule has 2 rings (SSSR count). The van der Waals surface area contributed by atoms with Crippen LogP contribution < -0.4 is 10.2 Å². The van der Waals surface area contributed by atoms with Crippen LogP contribution in [0.4, 0.5) is 5.95 Å². The van der Waals surface area contributed by atoms with E-state index in [4.69, 9.17) is 0 Å². The first kappa shape index (κ1) is 15.8. The van der Waals surface area contributed by atoms with Crippen molar-refractivity contribution in [3.63, 3.8) is 0 Å². The first-order valence-electron chi connectivity index (χ1n) is 7.76. The fraction of sp³-hybridized carbons (Fsp3) is 0.733. The van der Waals surface area contributed by atoms with Crippen LogP contribution in [-0.4, -0.2) is 54.1 Å². The van der Waals surface area contributed by atoms with Crippen molar-refractivity contribution in [3.8, 4) is 0 Å². The molecule has 6 nitrogen and oxygen atoms in total. The van der Waals surface area contributed by atoms with E-state index in [2.05, 4.69) is 14.9 Å². The zero-order valence-electron chi connectivity index (χ0n) is 13.4. The predicted molar refractivity (Wildman–Crippen MR) is 84.3 cm³/mol. The highest BCUT2D eigenvalue weighted by Gasteiger charge is 2.15. The number of nitrogens with zero attached hydrogens (tertiary/aromatic N) is 4. The SMILES string of the molecule is CN(C)c1ncc(CNCCC(=O)N2CCCCC2)n1C. The number of imidazole rings is 1. The Morgan fingerprint density at radius 2 is 2.05 bits per heavy atom. The van der Waals surface area contributed by atoms with Gasteiger partial charge in [-0.2, -0.15) is 0 Å². The average molecular weight is 293 g/mol. The van der Waals surface area contributed by atoms with Crippen molar-refractivity contribution >= 4 is 11.9 Å². The summed E-state index contributed by atoms with van der Waals surface area (Å²) in [5.41, 5.74) is 1.13. The van der Waals surface area contributed by atoms with Crippen LogP contribution in [0, 0.1) is 0 Å². The molecule has 1 aliphatic rings. The molecular formula is C15H27N5O. The zero-order valence-corrected chi connectivity index (χ0v) is 13.4. The lowest BCUT2D eigenvalue weighted by atomic mass is 10.1. The van der Waals surface area contributed by atoms with E-state index in [1.807, 2.05) is 37.1 Å². The second-order valence-corrected chi connectivity index (χ2v) is 5.87. The van der Waals surface area contributed by atoms with E-state index in [0.29, 0.717) is 6.42 Å². The minimum Gasteiger partial charge on any atom is -0.348 e. The van der Waals surface area contributed by atoms with Crippen molar-refractivity contribution in [1.82, 2.24) is 19.8 Å². The topological polar surface area (TPSA) is 53.4 Å². The van der Waals surface area contributed by atoms with Crippen molar-refractivity contribution in [2.75, 3.05) is 38.6 Å². The van der Waals surface area contributed by atoms with Crippen molar-refractivity contribution in [3.05, 3.63) is 11.9 Å². The number of piperidine rings is 1. The first-order valence-corrected chi connectivity index (χ1v) is 7.76. The fourth-order valence-corrected chi connectivity index (χ4v) is 2.73. The van der Waals surface area contributed by atoms with Gasteiger partial charge in [0.2, 0.25) is 11.9 Å². The molecule has 21 heavy (non-hydrogen) atoms. The summed E-state index contributed by atoms with van der Waals surface area (Å²) in [6.07, 6.45) is 6.03. The summed E-state index contributed by atoms with van der Waals surface area (Å²) in [6, 6.07) is 0. The van der Waals surface area contributed by atoms with Crippen LogP contribution in [0.5, 0.6) is 0 Å². The molecule has 2 heterocycles. The van der Waals surface area contributed by atoms with E-state index in [0.717, 1.165) is 50.7 Å². The second-order valence-electron chi connectivity index (χ2n) is 5.87. The molecule has 6 heteroatoms. The molecule has 0 atom stereocenters. The molecule has 0 radical (unpaired) electrons. The van der Waals surface area contributed by atoms with Gasteiger partial charge in [0, 0.05) is 53.7 Å². The molecule has 0 bridgehead atoms. The monoisotopic (exact) mass is 293 g/mol. The Hall–Kier alpha value is -1.56. The molecule has 1 N–H and O–H groups in total. The third-order valence-corrected chi connectivity index (χ3v) is 3.99. The maximum atomic E-state index is 12.0. The number of hydrogen-bond acceptors (Lipinski definition) is 4. The quantitative estimate of drug-likeness (QED) is 0.794. The Kier molecular flexibility index (Phi) is 5.61. The van der Waals surface area contributed by atoms with E-state index in [1.165, 1.54) is 6.42 Å². The summed E-state index contributed by atoms with van der Waals surface area (Å²) >= 11 is 0. The molecule has 118 valence electrons. The molecule has 0 saturated carbocycles. The molecule has 1 aromatic heterocycles. The zero-order chi connectivity index (χ0) is 15.2. The summed E-state index contributed by atoms with van der Waals surface area (Å²) in [4.78, 5) is 20.4. The number of aromatic nitrogens is 2. The Balaban J connectivity index is 1.71. The molecular weight excluding hydrogens is 266 g/mol. The lowest BCUT2D eigenvalue weighted by Gasteiger charge is -2.26. The van der Waals surface area contributed by atoms with Gasteiger partial charge >= 0.3 is 0 Å². The number of rotatable bonds is 6. The number of likely N-dealkylation sites (tertiary alicyclic amines) is 1. The Morgan fingerprint density at radius 3 is 2.67 bits per heavy atom. The summed E-state index contributed by atoms with van der Waals surface area (Å²) in [6.45, 7) is 3.34. The second kappa shape index (κ2) is 7.45. The van der Waals surface area contributed by atoms with Crippen LogP contribution in [0.2, 0.25) is 0 Å². The van der Waals surface area contributed by atoms with Gasteiger partial charge in [-0.3, -0.25) is 4.79 Å². The molecule has 0 spiro atoms. The van der Waals surface area contributed by atoms with Crippen molar-refractivity contribution < 1.29 is 4.79 Å². The third kappa shape index (κ3) is 4.20. The van der Waals surface area contributed by atoms with Crippen LogP contribution in [0.25, 0.3) is 0 Å². The van der Waals surface area contributed by atoms with E-state index in [9.17, 15) is 4.79 Å². The maximum absolute atomic E-state index is 12.0. The molecule has 0 unspecified atom stereocenters. The van der Waals surface area contributed by atoms with Gasteiger partial charge in [-0.05, 0) is 19.3 Å². The number of hydrogen-bond donors (Lipinski definition) is 1. The smallest absolute Gasteiger partial charge is 0.223 e. The maximum Gasteiger partial charge on any atom is 0.223 e. The lowest BCUT2D eigenvalue weighted by molar-refractivity contribution is -0.131. The van der Waals surface area contributed by atoms with Gasteiger partial charge in [0.25, 0.3) is 0 Å². The molecule has 1 aliphatic heterocycles. The highest BCUT2D eigenvalue weighted by atomic mass is 16.2. The summed E-state index contributed by atoms with van der Waals surface area (Å²) in [7, 11) is 5.98. The van der Waals surface area contributed by atoms with Crippen molar-refractivity contribution in [2.24, 2.45) is 7.05 Å². The van der Waals surface area contributed by atoms with Crippen molar-refractivity contribution in [1.29, 1.82) is 0 Å². The van der Waals surface area contributed by atoms with Gasteiger partial charge in [0.1, 0.15) is 0 Å². The Labute approximate surface area is 127 Å². The molecule has 1 aromatic rings. The van der Waals surface area contributed by atoms with Crippen LogP contribution in [0.15, 0.2) is 6.20 Å². The Bertz CT molecular complexity index is 463. The van der Waals surface area contributed by atoms with Crippen LogP contribution >= 0.6 is 0 Å². The van der Waals surface area contributed by atoms with Crippen LogP contribution in [-0.2, 0) is 18.4 Å². The number of nitrogens with one attached hydrogen (secondary N) is 1. The normalized spacial score (nSPS) is 15.3. The average Bonchev–Trinajstić information content (AvgIpc) is 2.85. The first-order chi connectivity index (χ1) is 10.1. The number of anilines is 1. The van der Waals surface area contributed by atoms with E-state index < -0.39 is 0 Å². The largest absolute Gasteiger partial charge is 0.348 e. The van der Waals surface area contributed by atoms with Gasteiger partial charge < -0.3 is 19.7 Å². The number of carbonyl (C=O) groups is 1. The predicted octanol–water partition coefficient (Wildman–Crippen LogP) is 0.978. The highest BCUT2D eigenvalue weighted by Crippen LogP contribution is 2.11. The summed E-state index contributed by atoms with van der Waals surface area (Å²) in [5.74, 6) is 1.22. The van der Waals surface area contributed by atoms with Crippen LogP contribution in [0.1, 0.15) is 31.4 Å².